The van der Waals surface area contributed by atoms with Crippen molar-refractivity contribution < 1.29 is 29.0 Å². The Hall–Kier alpha value is -2.28. The van der Waals surface area contributed by atoms with Crippen molar-refractivity contribution in [3.63, 3.8) is 0 Å². The lowest BCUT2D eigenvalue weighted by Gasteiger charge is -2.22. The second-order valence-corrected chi connectivity index (χ2v) is 7.41. The molecular formula is C20H26ClNO6. The summed E-state index contributed by atoms with van der Waals surface area (Å²) < 4.78 is 10.3. The first kappa shape index (κ1) is 22.0. The maximum Gasteiger partial charge on any atom is 0.410 e. The topological polar surface area (TPSA) is 102 Å². The number of hydrogen-bond acceptors (Lipinski definition) is 5. The average Bonchev–Trinajstić information content (AvgIpc) is 2.66. The largest absolute Gasteiger partial charge is 0.481 e. The van der Waals surface area contributed by atoms with Gasteiger partial charge < -0.3 is 19.9 Å². The van der Waals surface area contributed by atoms with Crippen LogP contribution in [0, 0.1) is 5.92 Å². The summed E-state index contributed by atoms with van der Waals surface area (Å²) in [6, 6.07) is 6.77. The Bertz CT molecular complexity index is 672. The SMILES string of the molecule is CC(OC(=O)NC[C@H](CC(=O)O)c1ccc(Cl)cc1)OC(=O)C1CCCCC1. The number of carbonyl (C=O) groups is 3. The highest BCUT2D eigenvalue weighted by Crippen LogP contribution is 2.25. The predicted molar refractivity (Wildman–Crippen MR) is 103 cm³/mol. The molecule has 8 heteroatoms. The van der Waals surface area contributed by atoms with E-state index in [4.69, 9.17) is 26.2 Å². The summed E-state index contributed by atoms with van der Waals surface area (Å²) in [4.78, 5) is 35.2. The van der Waals surface area contributed by atoms with Crippen LogP contribution in [0.3, 0.4) is 0 Å². The molecule has 2 N–H and O–H groups in total. The number of ether oxygens (including phenoxy) is 2. The Balaban J connectivity index is 1.81. The van der Waals surface area contributed by atoms with E-state index >= 15 is 0 Å². The Morgan fingerprint density at radius 2 is 1.79 bits per heavy atom. The van der Waals surface area contributed by atoms with Crippen molar-refractivity contribution in [2.45, 2.75) is 57.7 Å². The van der Waals surface area contributed by atoms with E-state index in [1.165, 1.54) is 6.92 Å². The van der Waals surface area contributed by atoms with Crippen molar-refractivity contribution in [1.82, 2.24) is 5.32 Å². The van der Waals surface area contributed by atoms with Crippen LogP contribution in [0.2, 0.25) is 5.02 Å². The molecule has 28 heavy (non-hydrogen) atoms. The van der Waals surface area contributed by atoms with Gasteiger partial charge in [-0.05, 0) is 30.5 Å². The molecule has 0 bridgehead atoms. The Morgan fingerprint density at radius 3 is 2.39 bits per heavy atom. The first-order valence-electron chi connectivity index (χ1n) is 9.47. The van der Waals surface area contributed by atoms with Gasteiger partial charge in [-0.2, -0.15) is 0 Å². The summed E-state index contributed by atoms with van der Waals surface area (Å²) in [6.07, 6.45) is 2.80. The number of carboxylic acid groups (broad SMARTS) is 1. The van der Waals surface area contributed by atoms with Crippen LogP contribution < -0.4 is 5.32 Å². The van der Waals surface area contributed by atoms with Crippen LogP contribution >= 0.6 is 11.6 Å². The van der Waals surface area contributed by atoms with Crippen LogP contribution in [0.4, 0.5) is 4.79 Å². The standard InChI is InChI=1S/C20H26ClNO6/c1-13(27-19(25)15-5-3-2-4-6-15)28-20(26)22-12-16(11-18(23)24)14-7-9-17(21)10-8-14/h7-10,13,15-16H,2-6,11-12H2,1H3,(H,22,26)(H,23,24)/t13?,16-/m0/s1. The van der Waals surface area contributed by atoms with Gasteiger partial charge in [0.1, 0.15) is 0 Å². The molecule has 1 aromatic carbocycles. The van der Waals surface area contributed by atoms with E-state index < -0.39 is 24.3 Å². The van der Waals surface area contributed by atoms with Crippen molar-refractivity contribution in [1.29, 1.82) is 0 Å². The Kier molecular flexibility index (Phi) is 8.57. The Labute approximate surface area is 169 Å². The lowest BCUT2D eigenvalue weighted by molar-refractivity contribution is -0.171. The lowest BCUT2D eigenvalue weighted by atomic mass is 9.89. The summed E-state index contributed by atoms with van der Waals surface area (Å²) in [5.41, 5.74) is 0.740. The minimum absolute atomic E-state index is 0.0655. The van der Waals surface area contributed by atoms with Crippen LogP contribution in [0.15, 0.2) is 24.3 Å². The predicted octanol–water partition coefficient (Wildman–Crippen LogP) is 4.09. The van der Waals surface area contributed by atoms with Crippen LogP contribution in [0.25, 0.3) is 0 Å². The highest BCUT2D eigenvalue weighted by atomic mass is 35.5. The highest BCUT2D eigenvalue weighted by Gasteiger charge is 2.25. The third-order valence-electron chi connectivity index (χ3n) is 4.75. The van der Waals surface area contributed by atoms with E-state index in [-0.39, 0.29) is 24.9 Å². The number of aliphatic carboxylic acids is 1. The number of amides is 1. The number of esters is 1. The zero-order valence-electron chi connectivity index (χ0n) is 15.9. The van der Waals surface area contributed by atoms with Crippen molar-refractivity contribution in [2.75, 3.05) is 6.54 Å². The summed E-state index contributed by atoms with van der Waals surface area (Å²) in [5, 5.41) is 12.2. The molecule has 1 fully saturated rings. The van der Waals surface area contributed by atoms with E-state index in [1.807, 2.05) is 0 Å². The van der Waals surface area contributed by atoms with E-state index in [1.54, 1.807) is 24.3 Å². The van der Waals surface area contributed by atoms with Crippen molar-refractivity contribution >= 4 is 29.6 Å². The van der Waals surface area contributed by atoms with Gasteiger partial charge in [-0.25, -0.2) is 4.79 Å². The molecule has 0 radical (unpaired) electrons. The third-order valence-corrected chi connectivity index (χ3v) is 5.00. The first-order chi connectivity index (χ1) is 13.3. The molecule has 2 rings (SSSR count). The van der Waals surface area contributed by atoms with E-state index in [0.29, 0.717) is 5.02 Å². The quantitative estimate of drug-likeness (QED) is 0.493. The molecule has 1 aliphatic rings. The number of carbonyl (C=O) groups excluding carboxylic acids is 2. The third kappa shape index (κ3) is 7.38. The molecule has 1 saturated carbocycles. The summed E-state index contributed by atoms with van der Waals surface area (Å²) >= 11 is 5.86. The minimum Gasteiger partial charge on any atom is -0.481 e. The van der Waals surface area contributed by atoms with Crippen molar-refractivity contribution in [3.05, 3.63) is 34.9 Å². The van der Waals surface area contributed by atoms with Gasteiger partial charge in [-0.3, -0.25) is 9.59 Å². The molecule has 1 aromatic rings. The van der Waals surface area contributed by atoms with Gasteiger partial charge in [-0.15, -0.1) is 0 Å². The molecule has 1 aliphatic carbocycles. The molecule has 1 unspecified atom stereocenters. The number of carboxylic acids is 1. The van der Waals surface area contributed by atoms with Gasteiger partial charge in [0.25, 0.3) is 0 Å². The molecule has 0 saturated heterocycles. The van der Waals surface area contributed by atoms with E-state index in [9.17, 15) is 14.4 Å². The van der Waals surface area contributed by atoms with Gasteiger partial charge in [0.2, 0.25) is 6.29 Å². The maximum atomic E-state index is 12.1. The fourth-order valence-electron chi connectivity index (χ4n) is 3.27. The molecule has 154 valence electrons. The average molecular weight is 412 g/mol. The molecule has 0 heterocycles. The molecule has 1 amide bonds. The number of hydrogen-bond donors (Lipinski definition) is 2. The van der Waals surface area contributed by atoms with Gasteiger partial charge in [0.05, 0.1) is 12.3 Å². The number of halogens is 1. The van der Waals surface area contributed by atoms with Crippen molar-refractivity contribution in [3.8, 4) is 0 Å². The molecule has 7 nitrogen and oxygen atoms in total. The smallest absolute Gasteiger partial charge is 0.410 e. The van der Waals surface area contributed by atoms with Crippen LogP contribution in [0.1, 0.15) is 56.9 Å². The van der Waals surface area contributed by atoms with Crippen LogP contribution in [0.5, 0.6) is 0 Å². The van der Waals surface area contributed by atoms with Gasteiger partial charge >= 0.3 is 18.0 Å². The number of benzene rings is 1. The number of alkyl carbamates (subject to hydrolysis) is 1. The van der Waals surface area contributed by atoms with Gasteiger partial charge in [0, 0.05) is 24.4 Å². The summed E-state index contributed by atoms with van der Waals surface area (Å²) in [5.74, 6) is -1.90. The first-order valence-corrected chi connectivity index (χ1v) is 9.85. The second kappa shape index (κ2) is 10.9. The minimum atomic E-state index is -1.01. The Morgan fingerprint density at radius 1 is 1.14 bits per heavy atom. The van der Waals surface area contributed by atoms with Gasteiger partial charge in [0.15, 0.2) is 0 Å². The fourth-order valence-corrected chi connectivity index (χ4v) is 3.40. The molecule has 2 atom stereocenters. The zero-order valence-corrected chi connectivity index (χ0v) is 16.6. The summed E-state index contributed by atoms with van der Waals surface area (Å²) in [7, 11) is 0. The monoisotopic (exact) mass is 411 g/mol. The fraction of sp³-hybridized carbons (Fsp3) is 0.550. The summed E-state index contributed by atoms with van der Waals surface area (Å²) in [6.45, 7) is 1.55. The number of rotatable bonds is 8. The van der Waals surface area contributed by atoms with Gasteiger partial charge in [-0.1, -0.05) is 43.0 Å². The molecular weight excluding hydrogens is 386 g/mol. The van der Waals surface area contributed by atoms with Crippen molar-refractivity contribution in [2.24, 2.45) is 5.92 Å². The molecule has 0 aliphatic heterocycles. The second-order valence-electron chi connectivity index (χ2n) is 6.97. The maximum absolute atomic E-state index is 12.1. The van der Waals surface area contributed by atoms with Crippen LogP contribution in [-0.2, 0) is 19.1 Å². The lowest BCUT2D eigenvalue weighted by Crippen LogP contribution is -2.34. The van der Waals surface area contributed by atoms with Crippen LogP contribution in [-0.4, -0.2) is 36.0 Å². The van der Waals surface area contributed by atoms with E-state index in [0.717, 1.165) is 37.7 Å². The zero-order chi connectivity index (χ0) is 20.5. The molecule has 0 spiro atoms. The molecule has 0 aromatic heterocycles. The number of nitrogens with one attached hydrogen (secondary N) is 1. The highest BCUT2D eigenvalue weighted by molar-refractivity contribution is 6.30. The van der Waals surface area contributed by atoms with E-state index in [2.05, 4.69) is 5.32 Å². The normalized spacial score (nSPS) is 16.6.